The minimum atomic E-state index is -0.585. The maximum absolute atomic E-state index is 13.7. The molecular formula is C13H7ClFN5. The summed E-state index contributed by atoms with van der Waals surface area (Å²) in [5, 5.41) is 13.9. The molecule has 0 unspecified atom stereocenters. The van der Waals surface area contributed by atoms with E-state index in [0.717, 1.165) is 6.20 Å². The number of anilines is 1. The number of nitrogens with zero attached hydrogens (tertiary/aromatic N) is 4. The van der Waals surface area contributed by atoms with Crippen LogP contribution in [-0.2, 0) is 0 Å². The van der Waals surface area contributed by atoms with E-state index in [1.807, 2.05) is 6.07 Å². The fourth-order valence-electron chi connectivity index (χ4n) is 1.95. The van der Waals surface area contributed by atoms with Crippen LogP contribution < -0.4 is 5.73 Å². The first-order valence-corrected chi connectivity index (χ1v) is 5.98. The summed E-state index contributed by atoms with van der Waals surface area (Å²) in [5.74, 6) is -0.420. The SMILES string of the molecule is N#Cc1cccc(Cl)c1-n1cc2c(N)ncc(F)c2n1. The number of hydrogen-bond donors (Lipinski definition) is 1. The van der Waals surface area contributed by atoms with Gasteiger partial charge in [0.15, 0.2) is 5.82 Å². The molecule has 5 nitrogen and oxygen atoms in total. The third-order valence-corrected chi connectivity index (χ3v) is 3.17. The highest BCUT2D eigenvalue weighted by Crippen LogP contribution is 2.27. The number of hydrogen-bond acceptors (Lipinski definition) is 4. The van der Waals surface area contributed by atoms with Gasteiger partial charge in [0.1, 0.15) is 23.1 Å². The Kier molecular flexibility index (Phi) is 2.77. The van der Waals surface area contributed by atoms with Gasteiger partial charge >= 0.3 is 0 Å². The van der Waals surface area contributed by atoms with Crippen molar-refractivity contribution < 1.29 is 4.39 Å². The first-order chi connectivity index (χ1) is 9.61. The monoisotopic (exact) mass is 287 g/mol. The number of nitrogens with two attached hydrogens (primary N) is 1. The number of nitriles is 1. The van der Waals surface area contributed by atoms with Crippen LogP contribution in [0.25, 0.3) is 16.6 Å². The molecule has 2 N–H and O–H groups in total. The second-order valence-corrected chi connectivity index (χ2v) is 4.48. The maximum atomic E-state index is 13.7. The van der Waals surface area contributed by atoms with E-state index in [9.17, 15) is 4.39 Å². The number of halogens is 2. The van der Waals surface area contributed by atoms with E-state index in [1.165, 1.54) is 10.9 Å². The van der Waals surface area contributed by atoms with Crippen LogP contribution in [0.1, 0.15) is 5.56 Å². The summed E-state index contributed by atoms with van der Waals surface area (Å²) in [6.45, 7) is 0. The number of benzene rings is 1. The van der Waals surface area contributed by atoms with E-state index in [0.29, 0.717) is 21.7 Å². The molecule has 98 valence electrons. The minimum absolute atomic E-state index is 0.0845. The van der Waals surface area contributed by atoms with Crippen molar-refractivity contribution in [2.45, 2.75) is 0 Å². The Balaban J connectivity index is 2.35. The highest BCUT2D eigenvalue weighted by molar-refractivity contribution is 6.32. The lowest BCUT2D eigenvalue weighted by atomic mass is 10.2. The topological polar surface area (TPSA) is 80.5 Å². The van der Waals surface area contributed by atoms with Gasteiger partial charge in [-0.2, -0.15) is 10.4 Å². The van der Waals surface area contributed by atoms with Gasteiger partial charge in [0.25, 0.3) is 0 Å². The zero-order valence-corrected chi connectivity index (χ0v) is 10.8. The highest BCUT2D eigenvalue weighted by atomic mass is 35.5. The first kappa shape index (κ1) is 12.4. The lowest BCUT2D eigenvalue weighted by Crippen LogP contribution is -1.99. The number of rotatable bonds is 1. The molecule has 0 aliphatic heterocycles. The normalized spacial score (nSPS) is 10.7. The number of nitrogen functional groups attached to an aromatic ring is 1. The van der Waals surface area contributed by atoms with Gasteiger partial charge in [-0.25, -0.2) is 14.1 Å². The Morgan fingerprint density at radius 3 is 2.90 bits per heavy atom. The van der Waals surface area contributed by atoms with Crippen LogP contribution >= 0.6 is 11.6 Å². The Hall–Kier alpha value is -2.65. The molecule has 1 aromatic carbocycles. The Morgan fingerprint density at radius 1 is 1.40 bits per heavy atom. The van der Waals surface area contributed by atoms with Crippen LogP contribution in [0.15, 0.2) is 30.6 Å². The predicted molar refractivity (Wildman–Crippen MR) is 73.0 cm³/mol. The molecule has 7 heteroatoms. The summed E-state index contributed by atoms with van der Waals surface area (Å²) in [5.41, 5.74) is 6.49. The van der Waals surface area contributed by atoms with Crippen molar-refractivity contribution in [2.24, 2.45) is 0 Å². The Labute approximate surface area is 118 Å². The molecule has 0 spiro atoms. The quantitative estimate of drug-likeness (QED) is 0.746. The van der Waals surface area contributed by atoms with E-state index >= 15 is 0 Å². The molecule has 0 amide bonds. The number of para-hydroxylation sites is 1. The van der Waals surface area contributed by atoms with Gasteiger partial charge in [0.05, 0.1) is 22.2 Å². The van der Waals surface area contributed by atoms with Gasteiger partial charge in [-0.15, -0.1) is 0 Å². The highest BCUT2D eigenvalue weighted by Gasteiger charge is 2.15. The predicted octanol–water partition coefficient (Wildman–Crippen LogP) is 2.67. The summed E-state index contributed by atoms with van der Waals surface area (Å²) >= 11 is 6.10. The zero-order valence-electron chi connectivity index (χ0n) is 10.0. The van der Waals surface area contributed by atoms with Crippen molar-refractivity contribution in [1.82, 2.24) is 14.8 Å². The van der Waals surface area contributed by atoms with Gasteiger partial charge in [0.2, 0.25) is 0 Å². The standard InChI is InChI=1S/C13H7ClFN5/c14-9-3-1-2-7(4-16)12(9)20-6-8-11(19-20)10(15)5-18-13(8)17/h1-3,5-6H,(H2,17,18). The average molecular weight is 288 g/mol. The van der Waals surface area contributed by atoms with Gasteiger partial charge in [-0.1, -0.05) is 17.7 Å². The van der Waals surface area contributed by atoms with Crippen molar-refractivity contribution in [3.8, 4) is 11.8 Å². The van der Waals surface area contributed by atoms with Crippen molar-refractivity contribution in [3.05, 3.63) is 47.0 Å². The fraction of sp³-hybridized carbons (Fsp3) is 0. The average Bonchev–Trinajstić information content (AvgIpc) is 2.88. The summed E-state index contributed by atoms with van der Waals surface area (Å²) < 4.78 is 15.0. The summed E-state index contributed by atoms with van der Waals surface area (Å²) in [6.07, 6.45) is 2.51. The molecule has 0 bridgehead atoms. The molecule has 0 radical (unpaired) electrons. The zero-order chi connectivity index (χ0) is 14.3. The Morgan fingerprint density at radius 2 is 2.20 bits per heavy atom. The van der Waals surface area contributed by atoms with Crippen molar-refractivity contribution in [1.29, 1.82) is 5.26 Å². The third-order valence-electron chi connectivity index (χ3n) is 2.87. The molecule has 0 fully saturated rings. The van der Waals surface area contributed by atoms with Crippen molar-refractivity contribution in [2.75, 3.05) is 5.73 Å². The number of fused-ring (bicyclic) bond motifs is 1. The van der Waals surface area contributed by atoms with Crippen LogP contribution in [0.4, 0.5) is 10.2 Å². The van der Waals surface area contributed by atoms with Crippen LogP contribution in [0.3, 0.4) is 0 Å². The van der Waals surface area contributed by atoms with E-state index in [4.69, 9.17) is 22.6 Å². The largest absolute Gasteiger partial charge is 0.383 e. The van der Waals surface area contributed by atoms with Crippen LogP contribution in [0.5, 0.6) is 0 Å². The molecule has 3 aromatic rings. The first-order valence-electron chi connectivity index (χ1n) is 5.60. The van der Waals surface area contributed by atoms with E-state index in [2.05, 4.69) is 10.1 Å². The second kappa shape index (κ2) is 4.47. The number of aromatic nitrogens is 3. The van der Waals surface area contributed by atoms with Crippen molar-refractivity contribution >= 4 is 28.3 Å². The smallest absolute Gasteiger partial charge is 0.169 e. The second-order valence-electron chi connectivity index (χ2n) is 4.08. The lowest BCUT2D eigenvalue weighted by Gasteiger charge is -2.05. The summed E-state index contributed by atoms with van der Waals surface area (Å²) in [7, 11) is 0. The van der Waals surface area contributed by atoms with Gasteiger partial charge in [-0.05, 0) is 12.1 Å². The molecular weight excluding hydrogens is 281 g/mol. The van der Waals surface area contributed by atoms with E-state index < -0.39 is 5.82 Å². The maximum Gasteiger partial charge on any atom is 0.169 e. The summed E-state index contributed by atoms with van der Waals surface area (Å²) in [4.78, 5) is 3.73. The van der Waals surface area contributed by atoms with E-state index in [1.54, 1.807) is 18.2 Å². The van der Waals surface area contributed by atoms with E-state index in [-0.39, 0.29) is 11.3 Å². The summed E-state index contributed by atoms with van der Waals surface area (Å²) in [6, 6.07) is 6.91. The van der Waals surface area contributed by atoms with Gasteiger partial charge in [0, 0.05) is 6.20 Å². The van der Waals surface area contributed by atoms with Gasteiger partial charge < -0.3 is 5.73 Å². The molecule has 20 heavy (non-hydrogen) atoms. The van der Waals surface area contributed by atoms with Crippen molar-refractivity contribution in [3.63, 3.8) is 0 Å². The van der Waals surface area contributed by atoms with Crippen LogP contribution in [0.2, 0.25) is 5.02 Å². The molecule has 0 atom stereocenters. The molecule has 2 heterocycles. The molecule has 0 saturated heterocycles. The molecule has 0 saturated carbocycles. The number of pyridine rings is 1. The molecule has 0 aliphatic rings. The van der Waals surface area contributed by atoms with Crippen LogP contribution in [0, 0.1) is 17.1 Å². The molecule has 3 rings (SSSR count). The molecule has 2 aromatic heterocycles. The molecule has 0 aliphatic carbocycles. The third kappa shape index (κ3) is 1.76. The van der Waals surface area contributed by atoms with Gasteiger partial charge in [-0.3, -0.25) is 0 Å². The fourth-order valence-corrected chi connectivity index (χ4v) is 2.21. The minimum Gasteiger partial charge on any atom is -0.383 e. The lowest BCUT2D eigenvalue weighted by molar-refractivity contribution is 0.629. The Bertz CT molecular complexity index is 826. The van der Waals surface area contributed by atoms with Crippen LogP contribution in [-0.4, -0.2) is 14.8 Å².